The smallest absolute Gasteiger partial charge is 0.329 e. The number of amides is 2. The van der Waals surface area contributed by atoms with Crippen molar-refractivity contribution in [1.29, 1.82) is 0 Å². The van der Waals surface area contributed by atoms with Gasteiger partial charge in [-0.1, -0.05) is 30.3 Å². The van der Waals surface area contributed by atoms with Gasteiger partial charge in [-0.05, 0) is 63.3 Å². The highest BCUT2D eigenvalue weighted by Crippen LogP contribution is 2.46. The standard InChI is InChI=1S/C30H38F2N2O7/c1-4-40-24-15-22(16-25(41-5-2)26(24)20(3)36)23(17-35)34(14-10-9-13-21-11-7-6-8-12-21)28(39)33-29(27(37)38)18-30(31,32)19-29/h6-8,11-12,15-16,23,35H,4-5,9-10,13-14,17-19H2,1-3H3,(H,33,39)(H,37,38). The van der Waals surface area contributed by atoms with E-state index in [1.165, 1.54) is 11.8 Å². The summed E-state index contributed by atoms with van der Waals surface area (Å²) in [6.07, 6.45) is -0.170. The number of urea groups is 1. The van der Waals surface area contributed by atoms with Gasteiger partial charge in [0.15, 0.2) is 11.3 Å². The highest BCUT2D eigenvalue weighted by Gasteiger charge is 2.62. The zero-order valence-electron chi connectivity index (χ0n) is 23.6. The maximum atomic E-state index is 13.8. The fraction of sp³-hybridized carbons (Fsp3) is 0.500. The van der Waals surface area contributed by atoms with Crippen molar-refractivity contribution < 1.29 is 42.9 Å². The third-order valence-corrected chi connectivity index (χ3v) is 7.07. The maximum absolute atomic E-state index is 13.8. The number of aryl methyl sites for hydroxylation is 1. The Bertz CT molecular complexity index is 1190. The molecule has 1 atom stereocenters. The molecule has 1 fully saturated rings. The Balaban J connectivity index is 1.96. The topological polar surface area (TPSA) is 125 Å². The first-order valence-corrected chi connectivity index (χ1v) is 13.8. The number of aliphatic carboxylic acids is 1. The monoisotopic (exact) mass is 576 g/mol. The molecule has 0 heterocycles. The minimum atomic E-state index is -3.20. The van der Waals surface area contributed by atoms with Crippen LogP contribution in [-0.4, -0.2) is 70.7 Å². The van der Waals surface area contributed by atoms with Gasteiger partial charge in [-0.3, -0.25) is 4.79 Å². The van der Waals surface area contributed by atoms with Crippen molar-refractivity contribution in [1.82, 2.24) is 10.2 Å². The van der Waals surface area contributed by atoms with E-state index >= 15 is 0 Å². The van der Waals surface area contributed by atoms with Gasteiger partial charge in [-0.25, -0.2) is 18.4 Å². The molecular formula is C30H38F2N2O7. The van der Waals surface area contributed by atoms with Crippen molar-refractivity contribution in [2.45, 2.75) is 70.4 Å². The van der Waals surface area contributed by atoms with E-state index in [1.807, 2.05) is 30.3 Å². The van der Waals surface area contributed by atoms with E-state index in [9.17, 15) is 33.4 Å². The van der Waals surface area contributed by atoms with Crippen molar-refractivity contribution in [3.63, 3.8) is 0 Å². The molecule has 224 valence electrons. The van der Waals surface area contributed by atoms with Crippen LogP contribution in [0.5, 0.6) is 11.5 Å². The molecule has 0 radical (unpaired) electrons. The lowest BCUT2D eigenvalue weighted by atomic mass is 9.73. The van der Waals surface area contributed by atoms with Crippen molar-refractivity contribution >= 4 is 17.8 Å². The number of halogens is 2. The molecule has 2 amide bonds. The minimum absolute atomic E-state index is 0.0956. The second-order valence-corrected chi connectivity index (χ2v) is 10.2. The normalized spacial score (nSPS) is 15.8. The highest BCUT2D eigenvalue weighted by atomic mass is 19.3. The first kappa shape index (κ1) is 31.8. The number of aliphatic hydroxyl groups excluding tert-OH is 1. The van der Waals surface area contributed by atoms with Crippen LogP contribution in [0.1, 0.15) is 74.0 Å². The molecule has 1 unspecified atom stereocenters. The van der Waals surface area contributed by atoms with Gasteiger partial charge in [0.05, 0.1) is 25.9 Å². The van der Waals surface area contributed by atoms with Crippen LogP contribution >= 0.6 is 0 Å². The van der Waals surface area contributed by atoms with Gasteiger partial charge in [0, 0.05) is 19.4 Å². The van der Waals surface area contributed by atoms with Crippen LogP contribution in [0.15, 0.2) is 42.5 Å². The number of ether oxygens (including phenoxy) is 2. The maximum Gasteiger partial charge on any atom is 0.329 e. The van der Waals surface area contributed by atoms with Crippen LogP contribution in [0.4, 0.5) is 13.6 Å². The van der Waals surface area contributed by atoms with E-state index < -0.39 is 49.0 Å². The number of unbranched alkanes of at least 4 members (excludes halogenated alkanes) is 1. The van der Waals surface area contributed by atoms with Crippen LogP contribution in [0.2, 0.25) is 0 Å². The van der Waals surface area contributed by atoms with Crippen molar-refractivity contribution in [2.24, 2.45) is 0 Å². The number of hydrogen-bond donors (Lipinski definition) is 3. The lowest BCUT2D eigenvalue weighted by Crippen LogP contribution is -2.68. The molecule has 0 bridgehead atoms. The Labute approximate surface area is 238 Å². The van der Waals surface area contributed by atoms with Crippen LogP contribution in [-0.2, 0) is 11.2 Å². The van der Waals surface area contributed by atoms with Crippen LogP contribution < -0.4 is 14.8 Å². The molecule has 1 aliphatic carbocycles. The number of hydrogen-bond acceptors (Lipinski definition) is 6. The van der Waals surface area contributed by atoms with Gasteiger partial charge in [0.25, 0.3) is 5.92 Å². The molecule has 0 saturated heterocycles. The van der Waals surface area contributed by atoms with E-state index in [4.69, 9.17) is 9.47 Å². The Kier molecular flexibility index (Phi) is 10.7. The average Bonchev–Trinajstić information content (AvgIpc) is 2.89. The Morgan fingerprint density at radius 3 is 2.07 bits per heavy atom. The van der Waals surface area contributed by atoms with Crippen LogP contribution in [0.3, 0.4) is 0 Å². The van der Waals surface area contributed by atoms with Gasteiger partial charge in [0.2, 0.25) is 0 Å². The number of ketones is 1. The summed E-state index contributed by atoms with van der Waals surface area (Å²) >= 11 is 0. The summed E-state index contributed by atoms with van der Waals surface area (Å²) in [5.41, 5.74) is -0.416. The lowest BCUT2D eigenvalue weighted by molar-refractivity contribution is -0.175. The first-order valence-electron chi connectivity index (χ1n) is 13.8. The number of rotatable bonds is 15. The van der Waals surface area contributed by atoms with E-state index in [0.29, 0.717) is 18.4 Å². The summed E-state index contributed by atoms with van der Waals surface area (Å²) in [6.45, 7) is 4.85. The molecule has 2 aromatic rings. The van der Waals surface area contributed by atoms with E-state index in [-0.39, 0.29) is 42.6 Å². The first-order chi connectivity index (χ1) is 19.5. The van der Waals surface area contributed by atoms with Gasteiger partial charge < -0.3 is 29.9 Å². The number of aliphatic hydroxyl groups is 1. The van der Waals surface area contributed by atoms with Crippen LogP contribution in [0, 0.1) is 0 Å². The molecule has 1 saturated carbocycles. The zero-order chi connectivity index (χ0) is 30.2. The molecule has 2 aromatic carbocycles. The minimum Gasteiger partial charge on any atom is -0.493 e. The van der Waals surface area contributed by atoms with Gasteiger partial charge in [0.1, 0.15) is 17.1 Å². The fourth-order valence-corrected chi connectivity index (χ4v) is 5.13. The SMILES string of the molecule is CCOc1cc(C(CO)N(CCCCc2ccccc2)C(=O)NC2(C(=O)O)CC(F)(F)C2)cc(OCC)c1C(C)=O. The third-order valence-electron chi connectivity index (χ3n) is 7.07. The summed E-state index contributed by atoms with van der Waals surface area (Å²) < 4.78 is 38.9. The summed E-state index contributed by atoms with van der Waals surface area (Å²) in [7, 11) is 0. The Morgan fingerprint density at radius 1 is 1.02 bits per heavy atom. The Morgan fingerprint density at radius 2 is 1.61 bits per heavy atom. The predicted molar refractivity (Wildman–Crippen MR) is 148 cm³/mol. The summed E-state index contributed by atoms with van der Waals surface area (Å²) in [5, 5.41) is 22.5. The van der Waals surface area contributed by atoms with Gasteiger partial charge >= 0.3 is 12.0 Å². The lowest BCUT2D eigenvalue weighted by Gasteiger charge is -2.45. The molecule has 3 N–H and O–H groups in total. The summed E-state index contributed by atoms with van der Waals surface area (Å²) in [4.78, 5) is 39.2. The molecule has 11 heteroatoms. The van der Waals surface area contributed by atoms with Crippen molar-refractivity contribution in [3.05, 3.63) is 59.2 Å². The largest absolute Gasteiger partial charge is 0.493 e. The Hall–Kier alpha value is -3.73. The average molecular weight is 577 g/mol. The fourth-order valence-electron chi connectivity index (χ4n) is 5.13. The number of carbonyl (C=O) groups excluding carboxylic acids is 2. The number of alkyl halides is 2. The number of benzene rings is 2. The number of nitrogens with zero attached hydrogens (tertiary/aromatic N) is 1. The predicted octanol–water partition coefficient (Wildman–Crippen LogP) is 5.01. The molecule has 41 heavy (non-hydrogen) atoms. The highest BCUT2D eigenvalue weighted by molar-refractivity contribution is 6.00. The second-order valence-electron chi connectivity index (χ2n) is 10.2. The van der Waals surface area contributed by atoms with E-state index in [0.717, 1.165) is 12.0 Å². The second kappa shape index (κ2) is 13.8. The van der Waals surface area contributed by atoms with E-state index in [2.05, 4.69) is 5.32 Å². The molecule has 3 rings (SSSR count). The van der Waals surface area contributed by atoms with Gasteiger partial charge in [-0.2, -0.15) is 0 Å². The number of carboxylic acid groups (broad SMARTS) is 1. The molecule has 1 aliphatic rings. The third kappa shape index (κ3) is 7.72. The van der Waals surface area contributed by atoms with E-state index in [1.54, 1.807) is 26.0 Å². The number of Topliss-reactive ketones (excluding diaryl/α,β-unsaturated/α-hetero) is 1. The van der Waals surface area contributed by atoms with Crippen molar-refractivity contribution in [2.75, 3.05) is 26.4 Å². The van der Waals surface area contributed by atoms with Crippen molar-refractivity contribution in [3.8, 4) is 11.5 Å². The zero-order valence-corrected chi connectivity index (χ0v) is 23.6. The number of carbonyl (C=O) groups is 3. The molecule has 0 spiro atoms. The van der Waals surface area contributed by atoms with Gasteiger partial charge in [-0.15, -0.1) is 0 Å². The quantitative estimate of drug-likeness (QED) is 0.201. The van der Waals surface area contributed by atoms with Crippen LogP contribution in [0.25, 0.3) is 0 Å². The number of carboxylic acids is 1. The summed E-state index contributed by atoms with van der Waals surface area (Å²) in [6, 6.07) is 10.9. The molecule has 9 nitrogen and oxygen atoms in total. The molecule has 0 aliphatic heterocycles. The molecule has 0 aromatic heterocycles. The number of nitrogens with one attached hydrogen (secondary N) is 1. The molecular weight excluding hydrogens is 538 g/mol. The summed E-state index contributed by atoms with van der Waals surface area (Å²) in [5.74, 6) is -4.63.